The molecule has 1 aliphatic rings. The lowest BCUT2D eigenvalue weighted by Gasteiger charge is -2.39. The van der Waals surface area contributed by atoms with Crippen molar-refractivity contribution in [2.45, 2.75) is 12.5 Å². The van der Waals surface area contributed by atoms with Gasteiger partial charge in [0.25, 0.3) is 0 Å². The summed E-state index contributed by atoms with van der Waals surface area (Å²) in [6, 6.07) is 28.5. The molecule has 1 aromatic heterocycles. The third-order valence-electron chi connectivity index (χ3n) is 5.36. The minimum atomic E-state index is 0.214. The fraction of sp³-hybridized carbons (Fsp3) is 0.130. The summed E-state index contributed by atoms with van der Waals surface area (Å²) in [6.07, 6.45) is 3.31. The number of hydrogen-bond donors (Lipinski definition) is 0. The van der Waals surface area contributed by atoms with Crippen molar-refractivity contribution in [3.63, 3.8) is 0 Å². The molecule has 0 bridgehead atoms. The molecule has 3 heteroatoms. The van der Waals surface area contributed by atoms with Gasteiger partial charge in [-0.1, -0.05) is 60.7 Å². The van der Waals surface area contributed by atoms with Gasteiger partial charge in [-0.15, -0.1) is 0 Å². The highest BCUT2D eigenvalue weighted by Crippen LogP contribution is 2.41. The van der Waals surface area contributed by atoms with Crippen molar-refractivity contribution in [2.24, 2.45) is 0 Å². The van der Waals surface area contributed by atoms with Crippen LogP contribution in [0.5, 0.6) is 0 Å². The van der Waals surface area contributed by atoms with Gasteiger partial charge in [0.2, 0.25) is 0 Å². The molecule has 0 fully saturated rings. The lowest BCUT2D eigenvalue weighted by Crippen LogP contribution is -2.36. The Morgan fingerprint density at radius 3 is 2.38 bits per heavy atom. The molecule has 4 aromatic rings. The number of hydrogen-bond acceptors (Lipinski definition) is 1. The predicted octanol–water partition coefficient (Wildman–Crippen LogP) is 5.95. The topological polar surface area (TPSA) is 8.17 Å². The molecule has 3 aromatic carbocycles. The van der Waals surface area contributed by atoms with E-state index in [0.29, 0.717) is 0 Å². The lowest BCUT2D eigenvalue weighted by molar-refractivity contribution is 0.656. The summed E-state index contributed by atoms with van der Waals surface area (Å²) in [5.74, 6) is 0. The maximum atomic E-state index is 3.70. The lowest BCUT2D eigenvalue weighted by atomic mass is 9.87. The van der Waals surface area contributed by atoms with E-state index >= 15 is 0 Å². The van der Waals surface area contributed by atoms with Gasteiger partial charge in [0.1, 0.15) is 0 Å². The van der Waals surface area contributed by atoms with Gasteiger partial charge < -0.3 is 4.90 Å². The molecule has 0 spiro atoms. The van der Waals surface area contributed by atoms with Crippen LogP contribution in [-0.2, 0) is 6.42 Å². The highest BCUT2D eigenvalue weighted by Gasteiger charge is 2.31. The quantitative estimate of drug-likeness (QED) is 0.402. The molecule has 2 nitrogen and oxygen atoms in total. The van der Waals surface area contributed by atoms with Crippen LogP contribution in [0.4, 0.5) is 5.69 Å². The van der Waals surface area contributed by atoms with Gasteiger partial charge >= 0.3 is 0 Å². The van der Waals surface area contributed by atoms with Crippen molar-refractivity contribution in [2.75, 3.05) is 11.4 Å². The number of benzene rings is 3. The van der Waals surface area contributed by atoms with Crippen LogP contribution in [0.15, 0.2) is 85.1 Å². The molecule has 1 unspecified atom stereocenters. The van der Waals surface area contributed by atoms with E-state index in [4.69, 9.17) is 0 Å². The Balaban J connectivity index is 1.76. The van der Waals surface area contributed by atoms with E-state index in [1.54, 1.807) is 0 Å². The maximum Gasteiger partial charge on any atom is 0.0819 e. The zero-order valence-corrected chi connectivity index (χ0v) is 15.9. The van der Waals surface area contributed by atoms with Gasteiger partial charge in [0, 0.05) is 29.4 Å². The van der Waals surface area contributed by atoms with Crippen molar-refractivity contribution in [3.05, 3.63) is 102 Å². The number of nitrogens with zero attached hydrogens (tertiary/aromatic N) is 2. The summed E-state index contributed by atoms with van der Waals surface area (Å²) >= 11 is 3.70. The second-order valence-electron chi connectivity index (χ2n) is 6.79. The number of halogens is 1. The number of para-hydroxylation sites is 2. The molecule has 1 atom stereocenters. The third kappa shape index (κ3) is 2.46. The smallest absolute Gasteiger partial charge is 0.0819 e. The Bertz CT molecular complexity index is 1070. The van der Waals surface area contributed by atoms with Crippen LogP contribution in [-0.4, -0.2) is 10.1 Å². The average Bonchev–Trinajstić information content (AvgIpc) is 3.04. The van der Waals surface area contributed by atoms with Crippen molar-refractivity contribution in [3.8, 4) is 0 Å². The predicted molar refractivity (Wildman–Crippen MR) is 112 cm³/mol. The number of anilines is 1. The van der Waals surface area contributed by atoms with Crippen molar-refractivity contribution >= 4 is 32.7 Å². The number of rotatable bonds is 2. The Hall–Kier alpha value is -2.52. The largest absolute Gasteiger partial charge is 0.360 e. The number of aromatic nitrogens is 1. The van der Waals surface area contributed by atoms with E-state index in [0.717, 1.165) is 13.0 Å². The molecule has 5 rings (SSSR count). The molecule has 128 valence electrons. The first-order chi connectivity index (χ1) is 12.8. The minimum absolute atomic E-state index is 0.214. The highest BCUT2D eigenvalue weighted by molar-refractivity contribution is 9.08. The van der Waals surface area contributed by atoms with Crippen LogP contribution < -0.4 is 4.90 Å². The molecule has 26 heavy (non-hydrogen) atoms. The molecule has 0 radical (unpaired) electrons. The molecular formula is C23H19BrN2. The zero-order chi connectivity index (χ0) is 17.5. The monoisotopic (exact) mass is 402 g/mol. The van der Waals surface area contributed by atoms with Crippen LogP contribution >= 0.6 is 16.1 Å². The minimum Gasteiger partial charge on any atom is -0.360 e. The zero-order valence-electron chi connectivity index (χ0n) is 14.3. The summed E-state index contributed by atoms with van der Waals surface area (Å²) in [5, 5.41) is 1.30. The van der Waals surface area contributed by atoms with Gasteiger partial charge in [-0.2, -0.15) is 0 Å². The maximum absolute atomic E-state index is 3.70. The highest BCUT2D eigenvalue weighted by atomic mass is 79.9. The molecular weight excluding hydrogens is 384 g/mol. The summed E-state index contributed by atoms with van der Waals surface area (Å²) in [7, 11) is 0. The molecule has 0 aliphatic carbocycles. The van der Waals surface area contributed by atoms with Crippen molar-refractivity contribution in [1.29, 1.82) is 0 Å². The summed E-state index contributed by atoms with van der Waals surface area (Å²) in [6.45, 7) is 1.02. The molecule has 0 saturated carbocycles. The van der Waals surface area contributed by atoms with E-state index in [2.05, 4.69) is 110 Å². The standard InChI is InChI=1S/C23H19BrN2/c24-26-16-21(20-12-6-7-13-22(20)26)23-19-11-5-4-8-17(19)14-15-25(23)18-9-2-1-3-10-18/h1-13,16,23H,14-15H2. The Labute approximate surface area is 162 Å². The fourth-order valence-electron chi connectivity index (χ4n) is 4.18. The second-order valence-corrected chi connectivity index (χ2v) is 7.56. The normalized spacial score (nSPS) is 16.7. The Kier molecular flexibility index (Phi) is 3.83. The first-order valence-electron chi connectivity index (χ1n) is 8.98. The SMILES string of the molecule is Brn1cc(C2c3ccccc3CCN2c2ccccc2)c2ccccc21. The molecule has 2 heterocycles. The van der Waals surface area contributed by atoms with Crippen LogP contribution in [0.2, 0.25) is 0 Å². The van der Waals surface area contributed by atoms with Gasteiger partial charge in [-0.05, 0) is 35.7 Å². The van der Waals surface area contributed by atoms with Crippen molar-refractivity contribution in [1.82, 2.24) is 3.59 Å². The summed E-state index contributed by atoms with van der Waals surface area (Å²) in [4.78, 5) is 2.54. The first kappa shape index (κ1) is 15.7. The molecule has 0 saturated heterocycles. The fourth-order valence-corrected chi connectivity index (χ4v) is 4.71. The Morgan fingerprint density at radius 2 is 1.50 bits per heavy atom. The summed E-state index contributed by atoms with van der Waals surface area (Å²) < 4.78 is 2.07. The van der Waals surface area contributed by atoms with E-state index in [9.17, 15) is 0 Å². The average molecular weight is 403 g/mol. The van der Waals surface area contributed by atoms with Crippen LogP contribution in [0.25, 0.3) is 10.9 Å². The van der Waals surface area contributed by atoms with Gasteiger partial charge in [-0.25, -0.2) is 0 Å². The molecule has 0 N–H and O–H groups in total. The van der Waals surface area contributed by atoms with Crippen LogP contribution in [0, 0.1) is 0 Å². The molecule has 1 aliphatic heterocycles. The van der Waals surface area contributed by atoms with Gasteiger partial charge in [0.05, 0.1) is 27.7 Å². The summed E-state index contributed by atoms with van der Waals surface area (Å²) in [5.41, 5.74) is 6.69. The van der Waals surface area contributed by atoms with Crippen LogP contribution in [0.3, 0.4) is 0 Å². The van der Waals surface area contributed by atoms with E-state index < -0.39 is 0 Å². The van der Waals surface area contributed by atoms with Gasteiger partial charge in [-0.3, -0.25) is 3.59 Å². The van der Waals surface area contributed by atoms with E-state index in [1.165, 1.54) is 33.3 Å². The third-order valence-corrected chi connectivity index (χ3v) is 5.95. The molecule has 0 amide bonds. The van der Waals surface area contributed by atoms with Crippen molar-refractivity contribution < 1.29 is 0 Å². The van der Waals surface area contributed by atoms with E-state index in [-0.39, 0.29) is 6.04 Å². The number of fused-ring (bicyclic) bond motifs is 2. The van der Waals surface area contributed by atoms with Crippen LogP contribution in [0.1, 0.15) is 22.7 Å². The second kappa shape index (κ2) is 6.33. The first-order valence-corrected chi connectivity index (χ1v) is 9.69. The Morgan fingerprint density at radius 1 is 0.769 bits per heavy atom. The van der Waals surface area contributed by atoms with E-state index in [1.807, 2.05) is 0 Å². The van der Waals surface area contributed by atoms with Gasteiger partial charge in [0.15, 0.2) is 0 Å².